The van der Waals surface area contributed by atoms with Crippen LogP contribution in [-0.4, -0.2) is 24.2 Å². The molecule has 2 aromatic carbocycles. The van der Waals surface area contributed by atoms with Gasteiger partial charge in [0.05, 0.1) is 7.11 Å². The van der Waals surface area contributed by atoms with Crippen molar-refractivity contribution in [3.63, 3.8) is 0 Å². The first-order chi connectivity index (χ1) is 10.6. The lowest BCUT2D eigenvalue weighted by molar-refractivity contribution is -0.146. The van der Waals surface area contributed by atoms with Gasteiger partial charge in [0.2, 0.25) is 0 Å². The maximum Gasteiger partial charge on any atom is 0.323 e. The number of carbonyl (C=O) groups excluding carboxylic acids is 1. The van der Waals surface area contributed by atoms with Crippen LogP contribution in [0.25, 0.3) is 0 Å². The van der Waals surface area contributed by atoms with E-state index in [0.29, 0.717) is 12.2 Å². The Hall–Kier alpha value is -2.24. The maximum atomic E-state index is 11.9. The highest BCUT2D eigenvalue weighted by molar-refractivity contribution is 5.85. The fourth-order valence-corrected chi connectivity index (χ4v) is 2.02. The Labute approximate surface area is 141 Å². The van der Waals surface area contributed by atoms with Gasteiger partial charge in [0, 0.05) is 0 Å². The lowest BCUT2D eigenvalue weighted by Crippen LogP contribution is -2.34. The van der Waals surface area contributed by atoms with Crippen LogP contribution in [0, 0.1) is 0 Å². The average molecular weight is 338 g/mol. The van der Waals surface area contributed by atoms with Crippen molar-refractivity contribution in [1.82, 2.24) is 0 Å². The number of halogens is 1. The van der Waals surface area contributed by atoms with Crippen LogP contribution in [0.4, 0.5) is 0 Å². The van der Waals surface area contributed by atoms with Crippen LogP contribution in [0.1, 0.15) is 11.1 Å². The number of phenols is 1. The second-order valence-corrected chi connectivity index (χ2v) is 4.91. The van der Waals surface area contributed by atoms with Gasteiger partial charge in [-0.05, 0) is 29.7 Å². The Kier molecular flexibility index (Phi) is 7.38. The van der Waals surface area contributed by atoms with Gasteiger partial charge in [-0.15, -0.1) is 12.4 Å². The summed E-state index contributed by atoms with van der Waals surface area (Å²) in [5.74, 6) is -0.0651. The second-order valence-electron chi connectivity index (χ2n) is 4.91. The minimum absolute atomic E-state index is 0. The van der Waals surface area contributed by atoms with E-state index < -0.39 is 12.0 Å². The van der Waals surface area contributed by atoms with Gasteiger partial charge in [-0.25, -0.2) is 0 Å². The molecule has 0 heterocycles. The van der Waals surface area contributed by atoms with Crippen LogP contribution < -0.4 is 10.5 Å². The Morgan fingerprint density at radius 1 is 1.17 bits per heavy atom. The highest BCUT2D eigenvalue weighted by atomic mass is 35.5. The van der Waals surface area contributed by atoms with Gasteiger partial charge in [-0.1, -0.05) is 36.4 Å². The Morgan fingerprint density at radius 3 is 2.52 bits per heavy atom. The van der Waals surface area contributed by atoms with E-state index in [0.717, 1.165) is 11.1 Å². The van der Waals surface area contributed by atoms with Gasteiger partial charge < -0.3 is 20.3 Å². The summed E-state index contributed by atoms with van der Waals surface area (Å²) in [4.78, 5) is 11.9. The van der Waals surface area contributed by atoms with Crippen molar-refractivity contribution in [3.8, 4) is 11.5 Å². The van der Waals surface area contributed by atoms with E-state index in [2.05, 4.69) is 0 Å². The molecule has 0 fully saturated rings. The maximum absolute atomic E-state index is 11.9. The molecule has 0 aliphatic carbocycles. The summed E-state index contributed by atoms with van der Waals surface area (Å²) in [6.45, 7) is 0.201. The SMILES string of the molecule is COc1cc(CC(N)C(=O)OCc2ccccc2)ccc1O.Cl. The first-order valence-electron chi connectivity index (χ1n) is 6.92. The van der Waals surface area contributed by atoms with Crippen LogP contribution in [0.2, 0.25) is 0 Å². The molecule has 0 spiro atoms. The summed E-state index contributed by atoms with van der Waals surface area (Å²) < 4.78 is 10.2. The third-order valence-electron chi connectivity index (χ3n) is 3.23. The highest BCUT2D eigenvalue weighted by Gasteiger charge is 2.16. The van der Waals surface area contributed by atoms with Gasteiger partial charge in [0.1, 0.15) is 12.6 Å². The molecule has 0 saturated carbocycles. The molecule has 2 aromatic rings. The third kappa shape index (κ3) is 5.47. The number of hydrogen-bond acceptors (Lipinski definition) is 5. The zero-order valence-corrected chi connectivity index (χ0v) is 13.6. The number of phenolic OH excluding ortho intramolecular Hbond substituents is 1. The molecule has 23 heavy (non-hydrogen) atoms. The molecule has 0 saturated heterocycles. The van der Waals surface area contributed by atoms with Gasteiger partial charge in [0.25, 0.3) is 0 Å². The molecule has 1 atom stereocenters. The summed E-state index contributed by atoms with van der Waals surface area (Å²) in [6.07, 6.45) is 0.310. The molecule has 0 aliphatic rings. The van der Waals surface area contributed by atoms with Crippen molar-refractivity contribution in [2.45, 2.75) is 19.1 Å². The van der Waals surface area contributed by atoms with Crippen molar-refractivity contribution in [1.29, 1.82) is 0 Å². The monoisotopic (exact) mass is 337 g/mol. The quantitative estimate of drug-likeness (QED) is 0.791. The number of carbonyl (C=O) groups is 1. The minimum atomic E-state index is -0.766. The van der Waals surface area contributed by atoms with Crippen LogP contribution in [0.15, 0.2) is 48.5 Å². The lowest BCUT2D eigenvalue weighted by atomic mass is 10.1. The molecule has 0 aromatic heterocycles. The van der Waals surface area contributed by atoms with Crippen molar-refractivity contribution in [2.75, 3.05) is 7.11 Å². The first kappa shape index (κ1) is 18.8. The first-order valence-corrected chi connectivity index (χ1v) is 6.92. The number of ether oxygens (including phenoxy) is 2. The molecule has 3 N–H and O–H groups in total. The second kappa shape index (κ2) is 9.02. The topological polar surface area (TPSA) is 81.8 Å². The third-order valence-corrected chi connectivity index (χ3v) is 3.23. The zero-order chi connectivity index (χ0) is 15.9. The van der Waals surface area contributed by atoms with Gasteiger partial charge >= 0.3 is 5.97 Å². The Bertz CT molecular complexity index is 634. The van der Waals surface area contributed by atoms with E-state index in [1.54, 1.807) is 12.1 Å². The number of rotatable bonds is 6. The van der Waals surface area contributed by atoms with E-state index in [4.69, 9.17) is 15.2 Å². The predicted molar refractivity (Wildman–Crippen MR) is 89.8 cm³/mol. The number of benzene rings is 2. The average Bonchev–Trinajstić information content (AvgIpc) is 2.55. The molecule has 6 heteroatoms. The molecule has 124 valence electrons. The Balaban J connectivity index is 0.00000264. The van der Waals surface area contributed by atoms with E-state index in [1.165, 1.54) is 13.2 Å². The minimum Gasteiger partial charge on any atom is -0.504 e. The normalized spacial score (nSPS) is 11.2. The molecule has 1 unspecified atom stereocenters. The molecule has 0 bridgehead atoms. The number of methoxy groups -OCH3 is 1. The molecule has 2 rings (SSSR count). The molecule has 0 aliphatic heterocycles. The number of esters is 1. The van der Waals surface area contributed by atoms with Crippen molar-refractivity contribution in [3.05, 3.63) is 59.7 Å². The van der Waals surface area contributed by atoms with E-state index >= 15 is 0 Å². The summed E-state index contributed by atoms with van der Waals surface area (Å²) in [7, 11) is 1.47. The summed E-state index contributed by atoms with van der Waals surface area (Å²) in [5, 5.41) is 9.54. The van der Waals surface area contributed by atoms with E-state index in [9.17, 15) is 9.90 Å². The number of hydrogen-bond donors (Lipinski definition) is 2. The predicted octanol–water partition coefficient (Wildman–Crippen LogP) is 2.44. The standard InChI is InChI=1S/C17H19NO4.ClH/c1-21-16-10-13(7-8-15(16)19)9-14(18)17(20)22-11-12-5-3-2-4-6-12;/h2-8,10,14,19H,9,11,18H2,1H3;1H. The molecule has 5 nitrogen and oxygen atoms in total. The van der Waals surface area contributed by atoms with Crippen LogP contribution in [0.3, 0.4) is 0 Å². The summed E-state index contributed by atoms with van der Waals surface area (Å²) >= 11 is 0. The number of nitrogens with two attached hydrogens (primary N) is 1. The zero-order valence-electron chi connectivity index (χ0n) is 12.8. The molecular weight excluding hydrogens is 318 g/mol. The van der Waals surface area contributed by atoms with Crippen LogP contribution in [-0.2, 0) is 22.6 Å². The number of aromatic hydroxyl groups is 1. The van der Waals surface area contributed by atoms with Gasteiger partial charge in [-0.2, -0.15) is 0 Å². The van der Waals surface area contributed by atoms with Crippen molar-refractivity contribution >= 4 is 18.4 Å². The highest BCUT2D eigenvalue weighted by Crippen LogP contribution is 2.26. The van der Waals surface area contributed by atoms with Gasteiger partial charge in [0.15, 0.2) is 11.5 Å². The van der Waals surface area contributed by atoms with Crippen molar-refractivity contribution in [2.24, 2.45) is 5.73 Å². The summed E-state index contributed by atoms with van der Waals surface area (Å²) in [5.41, 5.74) is 7.57. The molecular formula is C17H20ClNO4. The smallest absolute Gasteiger partial charge is 0.323 e. The Morgan fingerprint density at radius 2 is 1.87 bits per heavy atom. The van der Waals surface area contributed by atoms with Gasteiger partial charge in [-0.3, -0.25) is 4.79 Å². The largest absolute Gasteiger partial charge is 0.504 e. The lowest BCUT2D eigenvalue weighted by Gasteiger charge is -2.13. The molecule has 0 amide bonds. The summed E-state index contributed by atoms with van der Waals surface area (Å²) in [6, 6.07) is 13.5. The van der Waals surface area contributed by atoms with Crippen LogP contribution >= 0.6 is 12.4 Å². The fraction of sp³-hybridized carbons (Fsp3) is 0.235. The van der Waals surface area contributed by atoms with E-state index in [-0.39, 0.29) is 24.8 Å². The van der Waals surface area contributed by atoms with Crippen molar-refractivity contribution < 1.29 is 19.4 Å². The molecule has 0 radical (unpaired) electrons. The fourth-order valence-electron chi connectivity index (χ4n) is 2.02. The van der Waals surface area contributed by atoms with Crippen LogP contribution in [0.5, 0.6) is 11.5 Å². The van der Waals surface area contributed by atoms with E-state index in [1.807, 2.05) is 30.3 Å².